The molecular weight excluding hydrogens is 180 g/mol. The van der Waals surface area contributed by atoms with E-state index in [0.717, 1.165) is 0 Å². The number of alkyl halides is 2. The minimum absolute atomic E-state index is 0.0576. The summed E-state index contributed by atoms with van der Waals surface area (Å²) in [6.45, 7) is -0.752. The Balaban J connectivity index is 2.69. The second kappa shape index (κ2) is 4.49. The first-order chi connectivity index (χ1) is 6.24. The van der Waals surface area contributed by atoms with Crippen LogP contribution in [0.5, 0.6) is 5.88 Å². The second-order valence-corrected chi connectivity index (χ2v) is 2.22. The van der Waals surface area contributed by atoms with E-state index < -0.39 is 13.0 Å². The first kappa shape index (κ1) is 9.57. The number of aldehydes is 1. The number of ether oxygens (including phenoxy) is 1. The standard InChI is InChI=1S/C8H7F2NO2/c9-7(10)5-13-8-6(4-12)2-1-3-11-8/h1-4,7H,5H2. The smallest absolute Gasteiger partial charge is 0.272 e. The van der Waals surface area contributed by atoms with Crippen LogP contribution in [0, 0.1) is 0 Å². The number of hydrogen-bond acceptors (Lipinski definition) is 3. The van der Waals surface area contributed by atoms with Crippen molar-refractivity contribution in [1.82, 2.24) is 4.98 Å². The maximum atomic E-state index is 11.7. The molecule has 0 atom stereocenters. The van der Waals surface area contributed by atoms with Gasteiger partial charge in [0, 0.05) is 6.20 Å². The average Bonchev–Trinajstić information content (AvgIpc) is 2.15. The summed E-state index contributed by atoms with van der Waals surface area (Å²) in [7, 11) is 0. The van der Waals surface area contributed by atoms with Gasteiger partial charge in [0.1, 0.15) is 0 Å². The van der Waals surface area contributed by atoms with Crippen LogP contribution in [0.1, 0.15) is 10.4 Å². The Labute approximate surface area is 73.4 Å². The quantitative estimate of drug-likeness (QED) is 0.671. The summed E-state index contributed by atoms with van der Waals surface area (Å²) in [5, 5.41) is 0. The van der Waals surface area contributed by atoms with E-state index in [1.54, 1.807) is 0 Å². The first-order valence-electron chi connectivity index (χ1n) is 3.55. The Kier molecular flexibility index (Phi) is 3.31. The lowest BCUT2D eigenvalue weighted by Crippen LogP contribution is -2.09. The molecule has 0 spiro atoms. The molecule has 0 bridgehead atoms. The Hall–Kier alpha value is -1.52. The maximum absolute atomic E-state index is 11.7. The molecule has 0 fully saturated rings. The molecule has 13 heavy (non-hydrogen) atoms. The fraction of sp³-hybridized carbons (Fsp3) is 0.250. The molecule has 0 aromatic carbocycles. The van der Waals surface area contributed by atoms with E-state index >= 15 is 0 Å². The maximum Gasteiger partial charge on any atom is 0.272 e. The number of hydrogen-bond donors (Lipinski definition) is 0. The van der Waals surface area contributed by atoms with Gasteiger partial charge in [0.25, 0.3) is 6.43 Å². The topological polar surface area (TPSA) is 39.2 Å². The van der Waals surface area contributed by atoms with Gasteiger partial charge in [0.2, 0.25) is 5.88 Å². The Bertz CT molecular complexity index is 291. The molecule has 1 aromatic rings. The van der Waals surface area contributed by atoms with Crippen molar-refractivity contribution in [3.8, 4) is 5.88 Å². The highest BCUT2D eigenvalue weighted by Crippen LogP contribution is 2.12. The fourth-order valence-corrected chi connectivity index (χ4v) is 0.755. The summed E-state index contributed by atoms with van der Waals surface area (Å²) < 4.78 is 28.0. The number of rotatable bonds is 4. The lowest BCUT2D eigenvalue weighted by atomic mass is 10.3. The van der Waals surface area contributed by atoms with Gasteiger partial charge in [0.05, 0.1) is 5.56 Å². The van der Waals surface area contributed by atoms with E-state index in [2.05, 4.69) is 9.72 Å². The number of pyridine rings is 1. The molecule has 3 nitrogen and oxygen atoms in total. The molecule has 70 valence electrons. The van der Waals surface area contributed by atoms with E-state index in [0.29, 0.717) is 6.29 Å². The molecule has 0 radical (unpaired) electrons. The predicted molar refractivity (Wildman–Crippen MR) is 41.1 cm³/mol. The van der Waals surface area contributed by atoms with Gasteiger partial charge in [-0.3, -0.25) is 4.79 Å². The van der Waals surface area contributed by atoms with E-state index in [1.165, 1.54) is 18.3 Å². The van der Waals surface area contributed by atoms with Crippen molar-refractivity contribution in [2.75, 3.05) is 6.61 Å². The molecule has 0 aliphatic rings. The third-order valence-corrected chi connectivity index (χ3v) is 1.27. The Morgan fingerprint density at radius 3 is 3.00 bits per heavy atom. The zero-order chi connectivity index (χ0) is 9.68. The summed E-state index contributed by atoms with van der Waals surface area (Å²) in [5.74, 6) is -0.0576. The van der Waals surface area contributed by atoms with Gasteiger partial charge in [-0.15, -0.1) is 0 Å². The van der Waals surface area contributed by atoms with Crippen LogP contribution in [0.15, 0.2) is 18.3 Å². The van der Waals surface area contributed by atoms with Gasteiger partial charge in [0.15, 0.2) is 12.9 Å². The van der Waals surface area contributed by atoms with E-state index in [9.17, 15) is 13.6 Å². The van der Waals surface area contributed by atoms with Crippen LogP contribution in [0.4, 0.5) is 8.78 Å². The molecule has 1 rings (SSSR count). The van der Waals surface area contributed by atoms with Crippen LogP contribution >= 0.6 is 0 Å². The highest BCUT2D eigenvalue weighted by Gasteiger charge is 2.07. The third-order valence-electron chi connectivity index (χ3n) is 1.27. The van der Waals surface area contributed by atoms with Gasteiger partial charge < -0.3 is 4.74 Å². The molecular formula is C8H7F2NO2. The van der Waals surface area contributed by atoms with Crippen LogP contribution in [-0.4, -0.2) is 24.3 Å². The zero-order valence-electron chi connectivity index (χ0n) is 6.61. The average molecular weight is 187 g/mol. The summed E-state index contributed by atoms with van der Waals surface area (Å²) in [5.41, 5.74) is 0.170. The minimum atomic E-state index is -2.57. The Morgan fingerprint density at radius 1 is 1.62 bits per heavy atom. The van der Waals surface area contributed by atoms with Crippen LogP contribution in [0.2, 0.25) is 0 Å². The molecule has 1 heterocycles. The van der Waals surface area contributed by atoms with Crippen LogP contribution < -0.4 is 4.74 Å². The molecule has 0 N–H and O–H groups in total. The number of carbonyl (C=O) groups excluding carboxylic acids is 1. The molecule has 0 saturated carbocycles. The molecule has 0 aliphatic carbocycles. The third kappa shape index (κ3) is 2.77. The van der Waals surface area contributed by atoms with E-state index in [4.69, 9.17) is 0 Å². The van der Waals surface area contributed by atoms with Gasteiger partial charge >= 0.3 is 0 Å². The van der Waals surface area contributed by atoms with Crippen molar-refractivity contribution >= 4 is 6.29 Å². The molecule has 0 amide bonds. The number of aromatic nitrogens is 1. The fourth-order valence-electron chi connectivity index (χ4n) is 0.755. The van der Waals surface area contributed by atoms with Crippen molar-refractivity contribution < 1.29 is 18.3 Å². The summed E-state index contributed by atoms with van der Waals surface area (Å²) in [6.07, 6.45) is -0.691. The summed E-state index contributed by atoms with van der Waals surface area (Å²) >= 11 is 0. The van der Waals surface area contributed by atoms with Crippen molar-refractivity contribution in [1.29, 1.82) is 0 Å². The van der Waals surface area contributed by atoms with Gasteiger partial charge in [-0.1, -0.05) is 0 Å². The zero-order valence-corrected chi connectivity index (χ0v) is 6.61. The molecule has 0 aliphatic heterocycles. The number of carbonyl (C=O) groups is 1. The highest BCUT2D eigenvalue weighted by atomic mass is 19.3. The van der Waals surface area contributed by atoms with E-state index in [-0.39, 0.29) is 11.4 Å². The molecule has 5 heteroatoms. The van der Waals surface area contributed by atoms with Crippen LogP contribution in [0.25, 0.3) is 0 Å². The predicted octanol–water partition coefficient (Wildman–Crippen LogP) is 1.54. The van der Waals surface area contributed by atoms with E-state index in [1.807, 2.05) is 0 Å². The summed E-state index contributed by atoms with van der Waals surface area (Å²) in [6, 6.07) is 2.97. The van der Waals surface area contributed by atoms with Gasteiger partial charge in [-0.25, -0.2) is 13.8 Å². The first-order valence-corrected chi connectivity index (χ1v) is 3.55. The Morgan fingerprint density at radius 2 is 2.38 bits per heavy atom. The second-order valence-electron chi connectivity index (χ2n) is 2.22. The lowest BCUT2D eigenvalue weighted by molar-refractivity contribution is 0.0786. The minimum Gasteiger partial charge on any atom is -0.471 e. The molecule has 0 unspecified atom stereocenters. The van der Waals surface area contributed by atoms with Crippen LogP contribution in [-0.2, 0) is 0 Å². The molecule has 1 aromatic heterocycles. The normalized spacial score (nSPS) is 10.1. The monoisotopic (exact) mass is 187 g/mol. The molecule has 0 saturated heterocycles. The van der Waals surface area contributed by atoms with Gasteiger partial charge in [-0.2, -0.15) is 0 Å². The largest absolute Gasteiger partial charge is 0.471 e. The number of halogens is 2. The van der Waals surface area contributed by atoms with Crippen molar-refractivity contribution in [3.05, 3.63) is 23.9 Å². The van der Waals surface area contributed by atoms with Crippen LogP contribution in [0.3, 0.4) is 0 Å². The van der Waals surface area contributed by atoms with Crippen molar-refractivity contribution in [3.63, 3.8) is 0 Å². The van der Waals surface area contributed by atoms with Crippen molar-refractivity contribution in [2.24, 2.45) is 0 Å². The number of nitrogens with zero attached hydrogens (tertiary/aromatic N) is 1. The van der Waals surface area contributed by atoms with Crippen molar-refractivity contribution in [2.45, 2.75) is 6.43 Å². The SMILES string of the molecule is O=Cc1cccnc1OCC(F)F. The summed E-state index contributed by atoms with van der Waals surface area (Å²) in [4.78, 5) is 14.0. The highest BCUT2D eigenvalue weighted by molar-refractivity contribution is 5.77. The van der Waals surface area contributed by atoms with Gasteiger partial charge in [-0.05, 0) is 12.1 Å². The lowest BCUT2D eigenvalue weighted by Gasteiger charge is -2.04.